The first-order chi connectivity index (χ1) is 10.9. The second-order valence-electron chi connectivity index (χ2n) is 5.44. The van der Waals surface area contributed by atoms with Gasteiger partial charge in [-0.3, -0.25) is 0 Å². The molecular weight excluding hydrogens is 330 g/mol. The molecule has 0 aliphatic rings. The molecule has 0 atom stereocenters. The molecule has 0 unspecified atom stereocenters. The molecule has 1 aromatic carbocycles. The number of hydrogen-bond donors (Lipinski definition) is 0. The maximum Gasteiger partial charge on any atom is 0.242 e. The fourth-order valence-electron chi connectivity index (χ4n) is 2.23. The van der Waals surface area contributed by atoms with E-state index in [1.165, 1.54) is 18.4 Å². The smallest absolute Gasteiger partial charge is 0.242 e. The average molecular weight is 354 g/mol. The van der Waals surface area contributed by atoms with Crippen LogP contribution in [0, 0.1) is 0 Å². The van der Waals surface area contributed by atoms with Gasteiger partial charge in [-0.1, -0.05) is 31.2 Å². The second kappa shape index (κ2) is 7.51. The number of nitrogens with zero attached hydrogens (tertiary/aromatic N) is 3. The molecule has 0 saturated carbocycles. The lowest BCUT2D eigenvalue weighted by Crippen LogP contribution is -2.22. The summed E-state index contributed by atoms with van der Waals surface area (Å²) in [5, 5.41) is 0.910. The van der Waals surface area contributed by atoms with E-state index in [1.54, 1.807) is 23.9 Å². The van der Waals surface area contributed by atoms with Crippen molar-refractivity contribution in [1.29, 1.82) is 0 Å². The van der Waals surface area contributed by atoms with Gasteiger partial charge in [0.1, 0.15) is 0 Å². The number of aromatic nitrogens is 2. The van der Waals surface area contributed by atoms with Crippen molar-refractivity contribution in [3.8, 4) is 0 Å². The maximum atomic E-state index is 12.3. The lowest BCUT2D eigenvalue weighted by Gasteiger charge is -2.11. The number of sulfonamides is 1. The van der Waals surface area contributed by atoms with E-state index in [2.05, 4.69) is 23.1 Å². The molecule has 2 rings (SSSR count). The third-order valence-electron chi connectivity index (χ3n) is 3.53. The number of imidazole rings is 1. The number of unbranched alkanes of at least 4 members (excludes halogenated alkanes) is 1. The normalized spacial score (nSPS) is 12.2. The quantitative estimate of drug-likeness (QED) is 0.539. The molecule has 0 aliphatic carbocycles. The van der Waals surface area contributed by atoms with Crippen LogP contribution in [-0.4, -0.2) is 42.1 Å². The van der Waals surface area contributed by atoms with Crippen LogP contribution >= 0.6 is 11.8 Å². The molecule has 1 aromatic heterocycles. The molecule has 5 nitrogen and oxygen atoms in total. The zero-order valence-corrected chi connectivity index (χ0v) is 15.5. The molecular formula is C16H23N3O2S2. The summed E-state index contributed by atoms with van der Waals surface area (Å²) in [7, 11) is -0.380. The molecule has 0 bridgehead atoms. The van der Waals surface area contributed by atoms with E-state index >= 15 is 0 Å². The van der Waals surface area contributed by atoms with Crippen LogP contribution < -0.4 is 0 Å². The minimum absolute atomic E-state index is 0.274. The molecule has 0 amide bonds. The number of benzene rings is 1. The Hall–Kier alpha value is -1.31. The van der Waals surface area contributed by atoms with Crippen LogP contribution in [-0.2, 0) is 16.6 Å². The van der Waals surface area contributed by atoms with Gasteiger partial charge in [-0.05, 0) is 24.6 Å². The summed E-state index contributed by atoms with van der Waals surface area (Å²) in [5.74, 6) is 0.776. The van der Waals surface area contributed by atoms with Crippen molar-refractivity contribution in [2.45, 2.75) is 36.4 Å². The Morgan fingerprint density at radius 2 is 2.13 bits per heavy atom. The highest BCUT2D eigenvalue weighted by atomic mass is 32.2. The molecule has 0 spiro atoms. The fraction of sp³-hybridized carbons (Fsp3) is 0.438. The van der Waals surface area contributed by atoms with Crippen molar-refractivity contribution in [1.82, 2.24) is 13.9 Å². The second-order valence-corrected chi connectivity index (χ2v) is 8.58. The lowest BCUT2D eigenvalue weighted by atomic mass is 10.3. The fourth-order valence-corrected chi connectivity index (χ4v) is 3.93. The standard InChI is InChI=1S/C16H23N3O2S2/c1-5-7-10-19-15-9-8-13(23(20,21)18(3)4)12-14(15)17-16(19)22-11-6-2/h6,8-9,12H,2,5,7,10-11H2,1,3-4H3. The van der Waals surface area contributed by atoms with Crippen molar-refractivity contribution in [2.75, 3.05) is 19.8 Å². The van der Waals surface area contributed by atoms with E-state index in [9.17, 15) is 8.42 Å². The Balaban J connectivity index is 2.53. The number of fused-ring (bicyclic) bond motifs is 1. The zero-order chi connectivity index (χ0) is 17.0. The maximum absolute atomic E-state index is 12.3. The summed E-state index contributed by atoms with van der Waals surface area (Å²) in [5.41, 5.74) is 1.69. The first-order valence-corrected chi connectivity index (χ1v) is 10.0. The van der Waals surface area contributed by atoms with Gasteiger partial charge >= 0.3 is 0 Å². The van der Waals surface area contributed by atoms with Crippen LogP contribution in [0.15, 0.2) is 40.9 Å². The first kappa shape index (κ1) is 18.0. The highest BCUT2D eigenvalue weighted by Gasteiger charge is 2.19. The van der Waals surface area contributed by atoms with Gasteiger partial charge in [0.15, 0.2) is 5.16 Å². The molecule has 0 N–H and O–H groups in total. The van der Waals surface area contributed by atoms with E-state index in [0.717, 1.165) is 41.3 Å². The van der Waals surface area contributed by atoms with Crippen LogP contribution in [0.5, 0.6) is 0 Å². The van der Waals surface area contributed by atoms with Crippen molar-refractivity contribution in [3.05, 3.63) is 30.9 Å². The predicted molar refractivity (Wildman–Crippen MR) is 96.4 cm³/mol. The Kier molecular flexibility index (Phi) is 5.89. The van der Waals surface area contributed by atoms with Crippen molar-refractivity contribution < 1.29 is 8.42 Å². The van der Waals surface area contributed by atoms with Crippen LogP contribution in [0.4, 0.5) is 0 Å². The Morgan fingerprint density at radius 1 is 1.39 bits per heavy atom. The number of hydrogen-bond acceptors (Lipinski definition) is 4. The van der Waals surface area contributed by atoms with E-state index in [1.807, 2.05) is 12.1 Å². The number of thioether (sulfide) groups is 1. The predicted octanol–water partition coefficient (Wildman–Crippen LogP) is 3.36. The lowest BCUT2D eigenvalue weighted by molar-refractivity contribution is 0.521. The highest BCUT2D eigenvalue weighted by molar-refractivity contribution is 7.99. The molecule has 7 heteroatoms. The molecule has 2 aromatic rings. The van der Waals surface area contributed by atoms with Crippen LogP contribution in [0.3, 0.4) is 0 Å². The largest absolute Gasteiger partial charge is 0.319 e. The minimum Gasteiger partial charge on any atom is -0.319 e. The minimum atomic E-state index is -3.44. The molecule has 126 valence electrons. The third kappa shape index (κ3) is 3.79. The van der Waals surface area contributed by atoms with Gasteiger partial charge in [-0.2, -0.15) is 0 Å². The van der Waals surface area contributed by atoms with Gasteiger partial charge in [0.25, 0.3) is 0 Å². The van der Waals surface area contributed by atoms with Gasteiger partial charge < -0.3 is 4.57 Å². The molecule has 0 fully saturated rings. The van der Waals surface area contributed by atoms with Gasteiger partial charge in [-0.25, -0.2) is 17.7 Å². The number of aryl methyl sites for hydroxylation is 1. The van der Waals surface area contributed by atoms with E-state index in [-0.39, 0.29) is 4.90 Å². The Bertz CT molecular complexity index is 795. The third-order valence-corrected chi connectivity index (χ3v) is 6.31. The van der Waals surface area contributed by atoms with Crippen molar-refractivity contribution in [2.24, 2.45) is 0 Å². The zero-order valence-electron chi connectivity index (χ0n) is 13.8. The van der Waals surface area contributed by atoms with Crippen LogP contribution in [0.2, 0.25) is 0 Å². The monoisotopic (exact) mass is 353 g/mol. The molecule has 0 saturated heterocycles. The topological polar surface area (TPSA) is 55.2 Å². The summed E-state index contributed by atoms with van der Waals surface area (Å²) in [6.07, 6.45) is 4.00. The van der Waals surface area contributed by atoms with E-state index in [0.29, 0.717) is 0 Å². The Labute approximate surface area is 142 Å². The highest BCUT2D eigenvalue weighted by Crippen LogP contribution is 2.27. The van der Waals surface area contributed by atoms with Gasteiger partial charge in [0, 0.05) is 26.4 Å². The average Bonchev–Trinajstić information content (AvgIpc) is 2.87. The van der Waals surface area contributed by atoms with Gasteiger partial charge in [0.2, 0.25) is 10.0 Å². The summed E-state index contributed by atoms with van der Waals surface area (Å²) in [6, 6.07) is 5.17. The van der Waals surface area contributed by atoms with Crippen molar-refractivity contribution >= 4 is 32.8 Å². The van der Waals surface area contributed by atoms with Crippen LogP contribution in [0.25, 0.3) is 11.0 Å². The first-order valence-electron chi connectivity index (χ1n) is 7.58. The van der Waals surface area contributed by atoms with Crippen molar-refractivity contribution in [3.63, 3.8) is 0 Å². The molecule has 1 heterocycles. The van der Waals surface area contributed by atoms with E-state index in [4.69, 9.17) is 0 Å². The van der Waals surface area contributed by atoms with Crippen LogP contribution in [0.1, 0.15) is 19.8 Å². The molecule has 0 aliphatic heterocycles. The van der Waals surface area contributed by atoms with Gasteiger partial charge in [0.05, 0.1) is 15.9 Å². The summed E-state index contributed by atoms with van der Waals surface area (Å²) >= 11 is 1.62. The summed E-state index contributed by atoms with van der Waals surface area (Å²) in [4.78, 5) is 4.91. The SMILES string of the molecule is C=CCSc1nc2cc(S(=O)(=O)N(C)C)ccc2n1CCCC. The molecule has 0 radical (unpaired) electrons. The molecule has 23 heavy (non-hydrogen) atoms. The summed E-state index contributed by atoms with van der Waals surface area (Å²) < 4.78 is 28.0. The van der Waals surface area contributed by atoms with Gasteiger partial charge in [-0.15, -0.1) is 6.58 Å². The number of rotatable bonds is 8. The van der Waals surface area contributed by atoms with E-state index < -0.39 is 10.0 Å². The Morgan fingerprint density at radius 3 is 2.74 bits per heavy atom. The summed E-state index contributed by atoms with van der Waals surface area (Å²) in [6.45, 7) is 6.78.